The Morgan fingerprint density at radius 2 is 1.29 bits per heavy atom. The largest absolute Gasteiger partial charge is 0.312 e. The Morgan fingerprint density at radius 1 is 0.762 bits per heavy atom. The molecule has 0 aromatic carbocycles. The maximum atomic E-state index is 3.82. The molecule has 0 aliphatic heterocycles. The summed E-state index contributed by atoms with van der Waals surface area (Å²) < 4.78 is 0. The van der Waals surface area contributed by atoms with Gasteiger partial charge in [-0.05, 0) is 70.3 Å². The molecule has 0 radical (unpaired) electrons. The average molecular weight is 294 g/mol. The van der Waals surface area contributed by atoms with Crippen LogP contribution in [0.4, 0.5) is 0 Å². The number of rotatable bonds is 4. The van der Waals surface area contributed by atoms with Crippen LogP contribution in [0.5, 0.6) is 0 Å². The summed E-state index contributed by atoms with van der Waals surface area (Å²) in [7, 11) is 0. The van der Waals surface area contributed by atoms with Gasteiger partial charge in [0.1, 0.15) is 0 Å². The van der Waals surface area contributed by atoms with E-state index in [1.54, 1.807) is 0 Å². The van der Waals surface area contributed by atoms with Gasteiger partial charge in [0.2, 0.25) is 0 Å². The molecule has 1 N–H and O–H groups in total. The van der Waals surface area contributed by atoms with Crippen molar-refractivity contribution in [1.82, 2.24) is 5.32 Å². The third kappa shape index (κ3) is 5.27. The standard InChI is InChI=1S/C20H39N/c1-5-16-11-9-10-14-18(16)19-13-8-6-7-12-17(19)15-21-20(2,3)4/h16-19,21H,5-15H2,1-4H3. The molecule has 1 heteroatoms. The molecule has 2 saturated carbocycles. The van der Waals surface area contributed by atoms with Crippen LogP contribution < -0.4 is 5.32 Å². The Hall–Kier alpha value is -0.0400. The van der Waals surface area contributed by atoms with Gasteiger partial charge in [-0.15, -0.1) is 0 Å². The summed E-state index contributed by atoms with van der Waals surface area (Å²) in [6.07, 6.45) is 14.9. The van der Waals surface area contributed by atoms with Crippen LogP contribution in [0.25, 0.3) is 0 Å². The predicted octanol–water partition coefficient (Wildman–Crippen LogP) is 5.79. The summed E-state index contributed by atoms with van der Waals surface area (Å²) in [6, 6.07) is 0. The van der Waals surface area contributed by atoms with Gasteiger partial charge in [0.15, 0.2) is 0 Å². The van der Waals surface area contributed by atoms with Crippen molar-refractivity contribution in [3.63, 3.8) is 0 Å². The lowest BCUT2D eigenvalue weighted by Crippen LogP contribution is -2.42. The first-order chi connectivity index (χ1) is 10.0. The molecule has 0 aromatic heterocycles. The van der Waals surface area contributed by atoms with E-state index in [0.717, 1.165) is 23.7 Å². The Morgan fingerprint density at radius 3 is 1.95 bits per heavy atom. The van der Waals surface area contributed by atoms with Crippen molar-refractivity contribution in [1.29, 1.82) is 0 Å². The summed E-state index contributed by atoms with van der Waals surface area (Å²) >= 11 is 0. The molecule has 2 rings (SSSR count). The van der Waals surface area contributed by atoms with Gasteiger partial charge in [-0.3, -0.25) is 0 Å². The highest BCUT2D eigenvalue weighted by Gasteiger charge is 2.36. The molecule has 2 fully saturated rings. The average Bonchev–Trinajstić information content (AvgIpc) is 2.69. The number of nitrogens with one attached hydrogen (secondary N) is 1. The van der Waals surface area contributed by atoms with E-state index in [2.05, 4.69) is 33.0 Å². The van der Waals surface area contributed by atoms with Crippen molar-refractivity contribution in [2.45, 2.75) is 97.4 Å². The summed E-state index contributed by atoms with van der Waals surface area (Å²) in [5.41, 5.74) is 0.271. The minimum Gasteiger partial charge on any atom is -0.312 e. The van der Waals surface area contributed by atoms with Gasteiger partial charge in [0.05, 0.1) is 0 Å². The van der Waals surface area contributed by atoms with E-state index in [1.807, 2.05) is 0 Å². The summed E-state index contributed by atoms with van der Waals surface area (Å²) in [5, 5.41) is 3.82. The van der Waals surface area contributed by atoms with Crippen LogP contribution in [0.3, 0.4) is 0 Å². The van der Waals surface area contributed by atoms with E-state index >= 15 is 0 Å². The molecule has 0 heterocycles. The molecule has 0 bridgehead atoms. The van der Waals surface area contributed by atoms with Crippen LogP contribution in [0.1, 0.15) is 91.9 Å². The third-order valence-corrected chi connectivity index (χ3v) is 6.15. The second-order valence-corrected chi connectivity index (χ2v) is 8.81. The Balaban J connectivity index is 2.03. The van der Waals surface area contributed by atoms with Gasteiger partial charge >= 0.3 is 0 Å². The fraction of sp³-hybridized carbons (Fsp3) is 1.00. The van der Waals surface area contributed by atoms with E-state index < -0.39 is 0 Å². The second-order valence-electron chi connectivity index (χ2n) is 8.81. The predicted molar refractivity (Wildman–Crippen MR) is 93.6 cm³/mol. The highest BCUT2D eigenvalue weighted by Crippen LogP contribution is 2.44. The van der Waals surface area contributed by atoms with E-state index in [9.17, 15) is 0 Å². The minimum absolute atomic E-state index is 0.271. The first kappa shape index (κ1) is 17.3. The maximum absolute atomic E-state index is 3.82. The second kappa shape index (κ2) is 7.99. The Kier molecular flexibility index (Phi) is 6.59. The SMILES string of the molecule is CCC1CCCCC1C1CCCCCC1CNC(C)(C)C. The summed E-state index contributed by atoms with van der Waals surface area (Å²) in [6.45, 7) is 10.6. The van der Waals surface area contributed by atoms with E-state index in [0.29, 0.717) is 0 Å². The molecular weight excluding hydrogens is 254 g/mol. The van der Waals surface area contributed by atoms with Gasteiger partial charge in [-0.25, -0.2) is 0 Å². The van der Waals surface area contributed by atoms with Crippen molar-refractivity contribution in [3.05, 3.63) is 0 Å². The van der Waals surface area contributed by atoms with Crippen LogP contribution >= 0.6 is 0 Å². The van der Waals surface area contributed by atoms with Gasteiger partial charge < -0.3 is 5.32 Å². The van der Waals surface area contributed by atoms with Crippen LogP contribution in [0.2, 0.25) is 0 Å². The lowest BCUT2D eigenvalue weighted by atomic mass is 9.66. The highest BCUT2D eigenvalue weighted by molar-refractivity contribution is 4.87. The normalized spacial score (nSPS) is 35.4. The van der Waals surface area contributed by atoms with Gasteiger partial charge in [-0.2, -0.15) is 0 Å². The smallest absolute Gasteiger partial charge is 0.00966 e. The van der Waals surface area contributed by atoms with Gasteiger partial charge in [0.25, 0.3) is 0 Å². The topological polar surface area (TPSA) is 12.0 Å². The first-order valence-electron chi connectivity index (χ1n) is 9.76. The molecule has 0 aromatic rings. The number of hydrogen-bond donors (Lipinski definition) is 1. The van der Waals surface area contributed by atoms with Crippen molar-refractivity contribution < 1.29 is 0 Å². The molecule has 21 heavy (non-hydrogen) atoms. The zero-order valence-corrected chi connectivity index (χ0v) is 15.1. The molecule has 2 aliphatic carbocycles. The van der Waals surface area contributed by atoms with E-state index in [-0.39, 0.29) is 5.54 Å². The monoisotopic (exact) mass is 293 g/mol. The molecule has 4 unspecified atom stereocenters. The van der Waals surface area contributed by atoms with Gasteiger partial charge in [-0.1, -0.05) is 51.9 Å². The van der Waals surface area contributed by atoms with Crippen molar-refractivity contribution >= 4 is 0 Å². The minimum atomic E-state index is 0.271. The third-order valence-electron chi connectivity index (χ3n) is 6.15. The fourth-order valence-electron chi connectivity index (χ4n) is 4.97. The lowest BCUT2D eigenvalue weighted by Gasteiger charge is -2.41. The Bertz CT molecular complexity index is 291. The van der Waals surface area contributed by atoms with Crippen LogP contribution in [-0.4, -0.2) is 12.1 Å². The fourth-order valence-corrected chi connectivity index (χ4v) is 4.97. The zero-order chi connectivity index (χ0) is 15.3. The quantitative estimate of drug-likeness (QED) is 0.647. The van der Waals surface area contributed by atoms with Crippen molar-refractivity contribution in [3.8, 4) is 0 Å². The molecule has 2 aliphatic rings. The van der Waals surface area contributed by atoms with Crippen LogP contribution in [0, 0.1) is 23.7 Å². The summed E-state index contributed by atoms with van der Waals surface area (Å²) in [4.78, 5) is 0. The molecule has 0 spiro atoms. The van der Waals surface area contributed by atoms with Gasteiger partial charge in [0, 0.05) is 5.54 Å². The number of hydrogen-bond acceptors (Lipinski definition) is 1. The van der Waals surface area contributed by atoms with Crippen molar-refractivity contribution in [2.75, 3.05) is 6.54 Å². The van der Waals surface area contributed by atoms with E-state index in [4.69, 9.17) is 0 Å². The molecular formula is C20H39N. The molecule has 1 nitrogen and oxygen atoms in total. The molecule has 4 atom stereocenters. The molecule has 124 valence electrons. The first-order valence-corrected chi connectivity index (χ1v) is 9.76. The maximum Gasteiger partial charge on any atom is 0.00966 e. The lowest BCUT2D eigenvalue weighted by molar-refractivity contribution is 0.100. The molecule has 0 amide bonds. The zero-order valence-electron chi connectivity index (χ0n) is 15.1. The van der Waals surface area contributed by atoms with Crippen molar-refractivity contribution in [2.24, 2.45) is 23.7 Å². The van der Waals surface area contributed by atoms with Crippen LogP contribution in [0.15, 0.2) is 0 Å². The van der Waals surface area contributed by atoms with Crippen LogP contribution in [-0.2, 0) is 0 Å². The summed E-state index contributed by atoms with van der Waals surface area (Å²) in [5.74, 6) is 4.00. The highest BCUT2D eigenvalue weighted by atomic mass is 14.9. The Labute approximate surface area is 133 Å². The molecule has 0 saturated heterocycles. The van der Waals surface area contributed by atoms with E-state index in [1.165, 1.54) is 70.8 Å².